The van der Waals surface area contributed by atoms with E-state index < -0.39 is 0 Å². The molecule has 0 saturated carbocycles. The molecule has 1 aromatic rings. The highest BCUT2D eigenvalue weighted by molar-refractivity contribution is 6.31. The summed E-state index contributed by atoms with van der Waals surface area (Å²) in [4.78, 5) is 4.32. The second-order valence-corrected chi connectivity index (χ2v) is 4.11. The summed E-state index contributed by atoms with van der Waals surface area (Å²) < 4.78 is 0. The molecular weight excluding hydrogens is 259 g/mol. The van der Waals surface area contributed by atoms with Gasteiger partial charge in [0.1, 0.15) is 0 Å². The standard InChI is InChI=1S/C11H15ClN4.ClH/c12-10-5-2-1-4-9(10)8-16(13)11-14-6-3-7-15-11;/h1-2,4-5H,3,6-8,13H2,(H,14,15);1H. The van der Waals surface area contributed by atoms with Crippen molar-refractivity contribution in [1.29, 1.82) is 0 Å². The van der Waals surface area contributed by atoms with Gasteiger partial charge in [0.15, 0.2) is 0 Å². The summed E-state index contributed by atoms with van der Waals surface area (Å²) in [6, 6.07) is 7.68. The van der Waals surface area contributed by atoms with Crippen LogP contribution in [-0.2, 0) is 6.54 Å². The van der Waals surface area contributed by atoms with Crippen molar-refractivity contribution in [3.05, 3.63) is 34.9 Å². The lowest BCUT2D eigenvalue weighted by Crippen LogP contribution is -2.47. The van der Waals surface area contributed by atoms with E-state index in [2.05, 4.69) is 10.3 Å². The average molecular weight is 275 g/mol. The maximum atomic E-state index is 6.06. The third-order valence-electron chi connectivity index (χ3n) is 2.45. The molecule has 0 aromatic heterocycles. The van der Waals surface area contributed by atoms with Gasteiger partial charge in [-0.2, -0.15) is 0 Å². The summed E-state index contributed by atoms with van der Waals surface area (Å²) in [7, 11) is 0. The molecule has 0 atom stereocenters. The highest BCUT2D eigenvalue weighted by atomic mass is 35.5. The lowest BCUT2D eigenvalue weighted by atomic mass is 10.2. The zero-order valence-electron chi connectivity index (χ0n) is 9.40. The van der Waals surface area contributed by atoms with E-state index in [4.69, 9.17) is 17.4 Å². The third kappa shape index (κ3) is 3.77. The summed E-state index contributed by atoms with van der Waals surface area (Å²) in [5.41, 5.74) is 1.00. The van der Waals surface area contributed by atoms with Gasteiger partial charge in [-0.05, 0) is 18.1 Å². The smallest absolute Gasteiger partial charge is 0.208 e. The van der Waals surface area contributed by atoms with Gasteiger partial charge in [-0.25, -0.2) is 5.84 Å². The zero-order chi connectivity index (χ0) is 11.4. The fourth-order valence-electron chi connectivity index (χ4n) is 1.60. The van der Waals surface area contributed by atoms with Crippen LogP contribution in [-0.4, -0.2) is 24.1 Å². The van der Waals surface area contributed by atoms with Gasteiger partial charge < -0.3 is 5.32 Å². The number of nitrogens with zero attached hydrogens (tertiary/aromatic N) is 2. The second kappa shape index (κ2) is 6.69. The van der Waals surface area contributed by atoms with Gasteiger partial charge in [-0.1, -0.05) is 29.8 Å². The number of hydrogen-bond acceptors (Lipinski definition) is 4. The van der Waals surface area contributed by atoms with Crippen molar-refractivity contribution in [3.8, 4) is 0 Å². The summed E-state index contributed by atoms with van der Waals surface area (Å²) in [5.74, 6) is 6.67. The summed E-state index contributed by atoms with van der Waals surface area (Å²) in [5, 5.41) is 5.49. The second-order valence-electron chi connectivity index (χ2n) is 3.70. The van der Waals surface area contributed by atoms with Gasteiger partial charge in [0.05, 0.1) is 6.54 Å². The van der Waals surface area contributed by atoms with E-state index in [1.807, 2.05) is 24.3 Å². The minimum atomic E-state index is 0. The minimum Gasteiger partial charge on any atom is -0.355 e. The molecule has 1 heterocycles. The Hall–Kier alpha value is -0.970. The molecule has 4 nitrogen and oxygen atoms in total. The van der Waals surface area contributed by atoms with E-state index in [1.165, 1.54) is 0 Å². The van der Waals surface area contributed by atoms with E-state index in [9.17, 15) is 0 Å². The minimum absolute atomic E-state index is 0. The van der Waals surface area contributed by atoms with Crippen molar-refractivity contribution in [2.45, 2.75) is 13.0 Å². The number of rotatable bonds is 2. The summed E-state index contributed by atoms with van der Waals surface area (Å²) >= 11 is 6.06. The van der Waals surface area contributed by atoms with Crippen molar-refractivity contribution in [1.82, 2.24) is 10.3 Å². The first-order chi connectivity index (χ1) is 7.77. The molecule has 6 heteroatoms. The number of nitrogens with two attached hydrogens (primary N) is 1. The van der Waals surface area contributed by atoms with E-state index in [-0.39, 0.29) is 12.4 Å². The number of halogens is 2. The third-order valence-corrected chi connectivity index (χ3v) is 2.82. The van der Waals surface area contributed by atoms with Gasteiger partial charge in [0.2, 0.25) is 5.96 Å². The molecule has 17 heavy (non-hydrogen) atoms. The van der Waals surface area contributed by atoms with Crippen LogP contribution in [0, 0.1) is 0 Å². The summed E-state index contributed by atoms with van der Waals surface area (Å²) in [6.07, 6.45) is 1.06. The Morgan fingerprint density at radius 3 is 2.82 bits per heavy atom. The van der Waals surface area contributed by atoms with Crippen molar-refractivity contribution < 1.29 is 0 Å². The Labute approximate surface area is 112 Å². The van der Waals surface area contributed by atoms with Crippen LogP contribution >= 0.6 is 24.0 Å². The molecule has 0 radical (unpaired) electrons. The molecule has 94 valence electrons. The van der Waals surface area contributed by atoms with Gasteiger partial charge in [-0.15, -0.1) is 12.4 Å². The predicted molar refractivity (Wildman–Crippen MR) is 73.4 cm³/mol. The molecule has 1 aliphatic rings. The molecule has 3 N–H and O–H groups in total. The Bertz CT molecular complexity index is 395. The van der Waals surface area contributed by atoms with Crippen LogP contribution in [0.3, 0.4) is 0 Å². The van der Waals surface area contributed by atoms with Gasteiger partial charge in [0.25, 0.3) is 0 Å². The number of guanidine groups is 1. The Morgan fingerprint density at radius 2 is 2.18 bits per heavy atom. The van der Waals surface area contributed by atoms with Crippen LogP contribution < -0.4 is 11.2 Å². The lowest BCUT2D eigenvalue weighted by Gasteiger charge is -2.24. The van der Waals surface area contributed by atoms with Crippen molar-refractivity contribution >= 4 is 30.0 Å². The molecular formula is C11H16Cl2N4. The monoisotopic (exact) mass is 274 g/mol. The molecule has 1 aliphatic heterocycles. The quantitative estimate of drug-likeness (QED) is 0.639. The fraction of sp³-hybridized carbons (Fsp3) is 0.364. The van der Waals surface area contributed by atoms with Crippen molar-refractivity contribution in [2.75, 3.05) is 13.1 Å². The van der Waals surface area contributed by atoms with Crippen LogP contribution in [0.2, 0.25) is 5.02 Å². The predicted octanol–water partition coefficient (Wildman–Crippen LogP) is 1.79. The van der Waals surface area contributed by atoms with Crippen LogP contribution in [0.1, 0.15) is 12.0 Å². The van der Waals surface area contributed by atoms with E-state index in [0.29, 0.717) is 6.54 Å². The molecule has 0 saturated heterocycles. The number of aliphatic imine (C=N–C) groups is 1. The van der Waals surface area contributed by atoms with Crippen LogP contribution in [0.25, 0.3) is 0 Å². The molecule has 0 unspecified atom stereocenters. The number of benzene rings is 1. The van der Waals surface area contributed by atoms with Gasteiger partial charge in [-0.3, -0.25) is 10.0 Å². The molecule has 0 spiro atoms. The van der Waals surface area contributed by atoms with Gasteiger partial charge >= 0.3 is 0 Å². The lowest BCUT2D eigenvalue weighted by molar-refractivity contribution is 0.407. The molecule has 0 fully saturated rings. The van der Waals surface area contributed by atoms with E-state index in [0.717, 1.165) is 36.1 Å². The summed E-state index contributed by atoms with van der Waals surface area (Å²) in [6.45, 7) is 2.32. The SMILES string of the molecule is Cl.NN(Cc1ccccc1Cl)C1=NCCCN1. The van der Waals surface area contributed by atoms with E-state index >= 15 is 0 Å². The van der Waals surface area contributed by atoms with Crippen LogP contribution in [0.4, 0.5) is 0 Å². The fourth-order valence-corrected chi connectivity index (χ4v) is 1.79. The topological polar surface area (TPSA) is 53.6 Å². The van der Waals surface area contributed by atoms with Gasteiger partial charge in [0, 0.05) is 18.1 Å². The maximum Gasteiger partial charge on any atom is 0.208 e. The highest BCUT2D eigenvalue weighted by Gasteiger charge is 2.11. The molecule has 0 bridgehead atoms. The number of hydrazine groups is 1. The first-order valence-corrected chi connectivity index (χ1v) is 5.69. The number of nitrogens with one attached hydrogen (secondary N) is 1. The first-order valence-electron chi connectivity index (χ1n) is 5.31. The average Bonchev–Trinajstić information content (AvgIpc) is 2.33. The highest BCUT2D eigenvalue weighted by Crippen LogP contribution is 2.16. The number of hydrogen-bond donors (Lipinski definition) is 2. The molecule has 0 amide bonds. The Morgan fingerprint density at radius 1 is 1.41 bits per heavy atom. The maximum absolute atomic E-state index is 6.06. The largest absolute Gasteiger partial charge is 0.355 e. The normalized spacial score (nSPS) is 14.4. The molecule has 1 aromatic carbocycles. The van der Waals surface area contributed by atoms with E-state index in [1.54, 1.807) is 5.01 Å². The first kappa shape index (κ1) is 14.1. The molecule has 2 rings (SSSR count). The molecule has 0 aliphatic carbocycles. The Balaban J connectivity index is 0.00000144. The van der Waals surface area contributed by atoms with Crippen molar-refractivity contribution in [3.63, 3.8) is 0 Å². The van der Waals surface area contributed by atoms with Crippen molar-refractivity contribution in [2.24, 2.45) is 10.8 Å². The van der Waals surface area contributed by atoms with Crippen LogP contribution in [0.5, 0.6) is 0 Å². The Kier molecular flexibility index (Phi) is 5.55. The van der Waals surface area contributed by atoms with Crippen LogP contribution in [0.15, 0.2) is 29.3 Å². The zero-order valence-corrected chi connectivity index (χ0v) is 11.0.